The number of nitriles is 1. The Bertz CT molecular complexity index is 91.1. The van der Waals surface area contributed by atoms with Crippen molar-refractivity contribution in [1.82, 2.24) is 4.90 Å². The van der Waals surface area contributed by atoms with Crippen LogP contribution in [0, 0.1) is 10.7 Å². The van der Waals surface area contributed by atoms with Gasteiger partial charge in [-0.15, -0.1) is 0 Å². The molecule has 0 saturated carbocycles. The van der Waals surface area contributed by atoms with E-state index in [0.717, 1.165) is 6.41 Å². The molecule has 0 fully saturated rings. The molecule has 0 N–H and O–H groups in total. The van der Waals surface area contributed by atoms with Crippen LogP contribution in [0.15, 0.2) is 0 Å². The second-order valence-electron chi connectivity index (χ2n) is 1.16. The fourth-order valence-corrected chi connectivity index (χ4v) is 0. The summed E-state index contributed by atoms with van der Waals surface area (Å²) in [6, 6.07) is 0. The standard InChI is InChI=1S/C3H7NO.CHNS.K/c1-4(2)3-5;2-1-3;/h3H,1-2H3;3H;/q;;+1/p-1. The number of carbonyl (C=O) groups excluding carboxylic acids is 1. The van der Waals surface area contributed by atoms with Gasteiger partial charge < -0.3 is 17.5 Å². The quantitative estimate of drug-likeness (QED) is 0.179. The third-order valence-corrected chi connectivity index (χ3v) is 0.211. The molecule has 1 amide bonds. The Morgan fingerprint density at radius 2 is 1.78 bits per heavy atom. The zero-order valence-corrected chi connectivity index (χ0v) is 9.73. The van der Waals surface area contributed by atoms with Gasteiger partial charge in [0.05, 0.1) is 0 Å². The van der Waals surface area contributed by atoms with Crippen LogP contribution in [-0.4, -0.2) is 25.4 Å². The minimum atomic E-state index is 0. The van der Waals surface area contributed by atoms with Crippen molar-refractivity contribution in [2.75, 3.05) is 14.1 Å². The average Bonchev–Trinajstić information content (AvgIpc) is 1.69. The van der Waals surface area contributed by atoms with Gasteiger partial charge in [-0.1, -0.05) is 5.40 Å². The first-order chi connectivity index (χ1) is 3.68. The summed E-state index contributed by atoms with van der Waals surface area (Å²) >= 11 is 3.70. The molecule has 0 aliphatic heterocycles. The van der Waals surface area contributed by atoms with Crippen molar-refractivity contribution in [3.8, 4) is 5.40 Å². The van der Waals surface area contributed by atoms with E-state index >= 15 is 0 Å². The Balaban J connectivity index is -0.0000000800. The fraction of sp³-hybridized carbons (Fsp3) is 0.500. The molecule has 0 aliphatic carbocycles. The zero-order valence-electron chi connectivity index (χ0n) is 5.79. The molecule has 0 rings (SSSR count). The molecule has 0 atom stereocenters. The van der Waals surface area contributed by atoms with Crippen molar-refractivity contribution in [3.05, 3.63) is 0 Å². The molecule has 9 heavy (non-hydrogen) atoms. The number of rotatable bonds is 1. The van der Waals surface area contributed by atoms with Crippen LogP contribution in [0.4, 0.5) is 0 Å². The van der Waals surface area contributed by atoms with Crippen molar-refractivity contribution in [2.24, 2.45) is 0 Å². The van der Waals surface area contributed by atoms with E-state index < -0.39 is 0 Å². The molecule has 0 spiro atoms. The molecule has 5 heteroatoms. The van der Waals surface area contributed by atoms with Crippen LogP contribution in [0.2, 0.25) is 0 Å². The van der Waals surface area contributed by atoms with E-state index in [0.29, 0.717) is 0 Å². The topological polar surface area (TPSA) is 44.1 Å². The fourth-order valence-electron chi connectivity index (χ4n) is 0. The maximum atomic E-state index is 9.43. The normalized spacial score (nSPS) is 4.56. The summed E-state index contributed by atoms with van der Waals surface area (Å²) in [4.78, 5) is 10.9. The summed E-state index contributed by atoms with van der Waals surface area (Å²) < 4.78 is 0. The van der Waals surface area contributed by atoms with Gasteiger partial charge in [0, 0.05) is 14.1 Å². The molecule has 0 radical (unpaired) electrons. The summed E-state index contributed by atoms with van der Waals surface area (Å²) in [7, 11) is 3.38. The second kappa shape index (κ2) is 15.9. The van der Waals surface area contributed by atoms with Crippen LogP contribution in [0.1, 0.15) is 0 Å². The van der Waals surface area contributed by atoms with E-state index in [1.807, 2.05) is 0 Å². The van der Waals surface area contributed by atoms with Gasteiger partial charge in [-0.05, 0) is 0 Å². The van der Waals surface area contributed by atoms with Gasteiger partial charge in [0.25, 0.3) is 0 Å². The third kappa shape index (κ3) is 51.6. The first-order valence-corrected chi connectivity index (χ1v) is 2.22. The van der Waals surface area contributed by atoms with Crippen molar-refractivity contribution in [1.29, 1.82) is 5.26 Å². The smallest absolute Gasteiger partial charge is 0.696 e. The number of nitrogens with zero attached hydrogens (tertiary/aromatic N) is 2. The summed E-state index contributed by atoms with van der Waals surface area (Å²) in [5, 5.41) is 8.47. The maximum Gasteiger partial charge on any atom is 1.00 e. The molecule has 0 bridgehead atoms. The van der Waals surface area contributed by atoms with Crippen molar-refractivity contribution in [2.45, 2.75) is 0 Å². The average molecular weight is 170 g/mol. The molecular formula is C4H7KN2OS. The van der Waals surface area contributed by atoms with E-state index in [2.05, 4.69) is 12.6 Å². The molecule has 0 aromatic rings. The van der Waals surface area contributed by atoms with Gasteiger partial charge in [-0.25, -0.2) is 5.26 Å². The van der Waals surface area contributed by atoms with E-state index in [1.54, 1.807) is 14.1 Å². The van der Waals surface area contributed by atoms with Crippen molar-refractivity contribution in [3.63, 3.8) is 0 Å². The molecule has 46 valence electrons. The van der Waals surface area contributed by atoms with E-state index in [9.17, 15) is 4.79 Å². The first-order valence-electron chi connectivity index (χ1n) is 1.82. The molecule has 3 nitrogen and oxygen atoms in total. The van der Waals surface area contributed by atoms with Gasteiger partial charge in [0.15, 0.2) is 0 Å². The largest absolute Gasteiger partial charge is 1.00 e. The van der Waals surface area contributed by atoms with Crippen molar-refractivity contribution >= 4 is 19.0 Å². The minimum Gasteiger partial charge on any atom is -0.696 e. The first kappa shape index (κ1) is 16.4. The van der Waals surface area contributed by atoms with E-state index in [4.69, 9.17) is 5.26 Å². The van der Waals surface area contributed by atoms with Crippen LogP contribution in [-0.2, 0) is 17.4 Å². The Morgan fingerprint density at radius 3 is 1.78 bits per heavy atom. The number of amides is 1. The number of hydrogen-bond donors (Lipinski definition) is 0. The summed E-state index contributed by atoms with van der Waals surface area (Å²) in [5.41, 5.74) is 0. The summed E-state index contributed by atoms with van der Waals surface area (Å²) in [6.45, 7) is 0. The van der Waals surface area contributed by atoms with Crippen LogP contribution in [0.3, 0.4) is 0 Å². The minimum absolute atomic E-state index is 0. The third-order valence-electron chi connectivity index (χ3n) is 0.211. The predicted octanol–water partition coefficient (Wildman–Crippen LogP) is -3.28. The molecular weight excluding hydrogens is 163 g/mol. The van der Waals surface area contributed by atoms with Gasteiger partial charge in [0.2, 0.25) is 6.41 Å². The van der Waals surface area contributed by atoms with Crippen LogP contribution in [0.25, 0.3) is 0 Å². The maximum absolute atomic E-state index is 9.43. The monoisotopic (exact) mass is 170 g/mol. The second-order valence-corrected chi connectivity index (χ2v) is 1.34. The van der Waals surface area contributed by atoms with E-state index in [1.165, 1.54) is 10.3 Å². The molecule has 0 saturated heterocycles. The molecule has 0 aromatic heterocycles. The Labute approximate surface area is 103 Å². The Kier molecular flexibility index (Phi) is 29.1. The predicted molar refractivity (Wildman–Crippen MR) is 32.7 cm³/mol. The summed E-state index contributed by atoms with van der Waals surface area (Å²) in [5.74, 6) is 0. The molecule has 0 aliphatic rings. The number of carbonyl (C=O) groups is 1. The van der Waals surface area contributed by atoms with Crippen LogP contribution < -0.4 is 51.4 Å². The molecule has 0 aromatic carbocycles. The van der Waals surface area contributed by atoms with Gasteiger partial charge in [-0.3, -0.25) is 4.79 Å². The van der Waals surface area contributed by atoms with Gasteiger partial charge in [-0.2, -0.15) is 0 Å². The Hall–Kier alpha value is 0.816. The van der Waals surface area contributed by atoms with E-state index in [-0.39, 0.29) is 51.4 Å². The van der Waals surface area contributed by atoms with Crippen LogP contribution >= 0.6 is 0 Å². The SMILES string of the molecule is CN(C)C=O.N#C[S-].[K+]. The molecule has 0 heterocycles. The zero-order chi connectivity index (χ0) is 6.99. The van der Waals surface area contributed by atoms with Crippen LogP contribution in [0.5, 0.6) is 0 Å². The Morgan fingerprint density at radius 1 is 1.67 bits per heavy atom. The van der Waals surface area contributed by atoms with Gasteiger partial charge in [0.1, 0.15) is 0 Å². The van der Waals surface area contributed by atoms with Gasteiger partial charge >= 0.3 is 51.4 Å². The van der Waals surface area contributed by atoms with Crippen molar-refractivity contribution < 1.29 is 56.2 Å². The number of thiocyanates is 1. The molecule has 0 unspecified atom stereocenters. The summed E-state index contributed by atoms with van der Waals surface area (Å²) in [6.07, 6.45) is 0.750. The number of hydrogen-bond acceptors (Lipinski definition) is 3.